The Morgan fingerprint density at radius 3 is 2.90 bits per heavy atom. The van der Waals surface area contributed by atoms with Crippen molar-refractivity contribution >= 4 is 11.8 Å². The molecule has 2 amide bonds. The highest BCUT2D eigenvalue weighted by Crippen LogP contribution is 2.23. The molecular formula is C23H28N6O2. The molecule has 4 rings (SSSR count). The molecule has 1 aromatic carbocycles. The fraction of sp³-hybridized carbons (Fsp3) is 0.391. The molecule has 1 aliphatic heterocycles. The molecule has 0 unspecified atom stereocenters. The Morgan fingerprint density at radius 1 is 1.23 bits per heavy atom. The fourth-order valence-electron chi connectivity index (χ4n) is 4.08. The number of imidazole rings is 1. The van der Waals surface area contributed by atoms with Gasteiger partial charge in [-0.05, 0) is 49.4 Å². The van der Waals surface area contributed by atoms with Crippen LogP contribution < -0.4 is 5.32 Å². The fourth-order valence-corrected chi connectivity index (χ4v) is 4.08. The first-order chi connectivity index (χ1) is 15.1. The molecule has 0 bridgehead atoms. The van der Waals surface area contributed by atoms with Crippen molar-refractivity contribution in [3.05, 3.63) is 66.5 Å². The molecule has 8 heteroatoms. The van der Waals surface area contributed by atoms with E-state index in [1.54, 1.807) is 23.4 Å². The summed E-state index contributed by atoms with van der Waals surface area (Å²) in [6.45, 7) is 4.62. The molecule has 3 aromatic rings. The zero-order valence-corrected chi connectivity index (χ0v) is 17.8. The van der Waals surface area contributed by atoms with E-state index in [0.29, 0.717) is 31.6 Å². The van der Waals surface area contributed by atoms with Gasteiger partial charge in [-0.25, -0.2) is 9.67 Å². The van der Waals surface area contributed by atoms with Gasteiger partial charge in [-0.2, -0.15) is 5.10 Å². The number of aromatic nitrogens is 4. The second kappa shape index (κ2) is 9.59. The molecule has 1 N–H and O–H groups in total. The van der Waals surface area contributed by atoms with Gasteiger partial charge < -0.3 is 14.8 Å². The molecule has 0 saturated carbocycles. The smallest absolute Gasteiger partial charge is 0.253 e. The predicted molar refractivity (Wildman–Crippen MR) is 117 cm³/mol. The number of rotatable bonds is 7. The molecule has 1 atom stereocenters. The van der Waals surface area contributed by atoms with E-state index in [4.69, 9.17) is 0 Å². The number of carbonyl (C=O) groups excluding carboxylic acids is 2. The molecule has 2 aromatic heterocycles. The van der Waals surface area contributed by atoms with Gasteiger partial charge in [0.1, 0.15) is 0 Å². The third kappa shape index (κ3) is 5.20. The van der Waals surface area contributed by atoms with Gasteiger partial charge in [0.05, 0.1) is 12.0 Å². The Kier molecular flexibility index (Phi) is 6.45. The topological polar surface area (TPSA) is 85.0 Å². The van der Waals surface area contributed by atoms with Crippen molar-refractivity contribution in [3.8, 4) is 5.69 Å². The first-order valence-corrected chi connectivity index (χ1v) is 10.7. The molecule has 162 valence electrons. The van der Waals surface area contributed by atoms with Crippen LogP contribution in [0.1, 0.15) is 35.2 Å². The lowest BCUT2D eigenvalue weighted by Crippen LogP contribution is -2.41. The lowest BCUT2D eigenvalue weighted by Gasteiger charge is -2.32. The first kappa shape index (κ1) is 20.8. The van der Waals surface area contributed by atoms with E-state index in [1.165, 1.54) is 0 Å². The van der Waals surface area contributed by atoms with Crippen LogP contribution in [0.15, 0.2) is 55.4 Å². The second-order valence-corrected chi connectivity index (χ2v) is 8.07. The minimum Gasteiger partial charge on any atom is -0.354 e. The number of aryl methyl sites for hydroxylation is 1. The number of nitrogens with zero attached hydrogens (tertiary/aromatic N) is 5. The van der Waals surface area contributed by atoms with Crippen LogP contribution in [0.25, 0.3) is 5.69 Å². The van der Waals surface area contributed by atoms with Crippen LogP contribution in [0.4, 0.5) is 0 Å². The van der Waals surface area contributed by atoms with E-state index in [1.807, 2.05) is 53.0 Å². The Morgan fingerprint density at radius 2 is 2.13 bits per heavy atom. The molecule has 1 saturated heterocycles. The van der Waals surface area contributed by atoms with Crippen LogP contribution in [-0.2, 0) is 11.3 Å². The monoisotopic (exact) mass is 420 g/mol. The van der Waals surface area contributed by atoms with Gasteiger partial charge in [-0.3, -0.25) is 9.59 Å². The minimum atomic E-state index is 0.0126. The number of piperidine rings is 1. The van der Waals surface area contributed by atoms with E-state index in [2.05, 4.69) is 15.4 Å². The Hall–Kier alpha value is -3.42. The third-order valence-electron chi connectivity index (χ3n) is 5.74. The number of amides is 2. The average Bonchev–Trinajstić information content (AvgIpc) is 3.48. The van der Waals surface area contributed by atoms with Crippen LogP contribution >= 0.6 is 0 Å². The largest absolute Gasteiger partial charge is 0.354 e. The van der Waals surface area contributed by atoms with Crippen LogP contribution in [0, 0.1) is 12.8 Å². The van der Waals surface area contributed by atoms with Crippen LogP contribution in [-0.4, -0.2) is 55.7 Å². The summed E-state index contributed by atoms with van der Waals surface area (Å²) in [6.07, 6.45) is 11.3. The first-order valence-electron chi connectivity index (χ1n) is 10.7. The van der Waals surface area contributed by atoms with Crippen LogP contribution in [0.5, 0.6) is 0 Å². The molecular weight excluding hydrogens is 392 g/mol. The molecule has 0 radical (unpaired) electrons. The Labute approximate surface area is 181 Å². The molecule has 0 spiro atoms. The number of carbonyl (C=O) groups is 2. The van der Waals surface area contributed by atoms with Gasteiger partial charge in [0, 0.05) is 63.0 Å². The molecule has 1 aliphatic rings. The number of hydrogen-bond donors (Lipinski definition) is 1. The number of nitrogens with one attached hydrogen (secondary N) is 1. The summed E-state index contributed by atoms with van der Waals surface area (Å²) in [4.78, 5) is 31.4. The highest BCUT2D eigenvalue weighted by Gasteiger charge is 2.26. The summed E-state index contributed by atoms with van der Waals surface area (Å²) < 4.78 is 3.71. The lowest BCUT2D eigenvalue weighted by molar-refractivity contribution is -0.122. The normalized spacial score (nSPS) is 16.3. The van der Waals surface area contributed by atoms with Gasteiger partial charge in [0.25, 0.3) is 5.91 Å². The van der Waals surface area contributed by atoms with Crippen molar-refractivity contribution in [2.45, 2.75) is 32.7 Å². The lowest BCUT2D eigenvalue weighted by atomic mass is 9.94. The van der Waals surface area contributed by atoms with Crippen molar-refractivity contribution in [2.75, 3.05) is 19.6 Å². The quantitative estimate of drug-likeness (QED) is 0.636. The second-order valence-electron chi connectivity index (χ2n) is 8.07. The minimum absolute atomic E-state index is 0.0126. The van der Waals surface area contributed by atoms with Gasteiger partial charge in [0.15, 0.2) is 0 Å². The molecule has 0 aliphatic carbocycles. The third-order valence-corrected chi connectivity index (χ3v) is 5.74. The Balaban J connectivity index is 1.33. The summed E-state index contributed by atoms with van der Waals surface area (Å²) in [7, 11) is 0. The molecule has 31 heavy (non-hydrogen) atoms. The number of likely N-dealkylation sites (tertiary alicyclic amines) is 1. The average molecular weight is 421 g/mol. The molecule has 1 fully saturated rings. The maximum atomic E-state index is 13.2. The van der Waals surface area contributed by atoms with Gasteiger partial charge >= 0.3 is 0 Å². The van der Waals surface area contributed by atoms with Crippen LogP contribution in [0.2, 0.25) is 0 Å². The zero-order chi connectivity index (χ0) is 21.6. The zero-order valence-electron chi connectivity index (χ0n) is 17.8. The van der Waals surface area contributed by atoms with E-state index in [9.17, 15) is 9.59 Å². The predicted octanol–water partition coefficient (Wildman–Crippen LogP) is 2.44. The molecule has 3 heterocycles. The van der Waals surface area contributed by atoms with E-state index in [0.717, 1.165) is 30.6 Å². The molecule has 8 nitrogen and oxygen atoms in total. The highest BCUT2D eigenvalue weighted by molar-refractivity contribution is 5.95. The number of benzene rings is 1. The van der Waals surface area contributed by atoms with E-state index < -0.39 is 0 Å². The van der Waals surface area contributed by atoms with Gasteiger partial charge in [0.2, 0.25) is 5.91 Å². The summed E-state index contributed by atoms with van der Waals surface area (Å²) in [5, 5.41) is 7.26. The van der Waals surface area contributed by atoms with Gasteiger partial charge in [-0.15, -0.1) is 0 Å². The van der Waals surface area contributed by atoms with E-state index >= 15 is 0 Å². The van der Waals surface area contributed by atoms with Crippen molar-refractivity contribution < 1.29 is 9.59 Å². The summed E-state index contributed by atoms with van der Waals surface area (Å²) in [5.74, 6) is 0.233. The van der Waals surface area contributed by atoms with Crippen LogP contribution in [0.3, 0.4) is 0 Å². The van der Waals surface area contributed by atoms with Crippen molar-refractivity contribution in [1.29, 1.82) is 0 Å². The van der Waals surface area contributed by atoms with Crippen molar-refractivity contribution in [2.24, 2.45) is 5.92 Å². The standard InChI is InChI=1S/C23H28N6O2/c1-18-5-6-20(15-21(18)29-11-3-7-26-29)23(31)28-10-2-4-19(16-28)14-22(30)25-9-13-27-12-8-24-17-27/h3,5-8,11-12,15,17,19H,2,4,9-10,13-14,16H2,1H3,(H,25,30)/t19-/m1/s1. The van der Waals surface area contributed by atoms with Crippen molar-refractivity contribution in [3.63, 3.8) is 0 Å². The van der Waals surface area contributed by atoms with E-state index in [-0.39, 0.29) is 17.7 Å². The maximum Gasteiger partial charge on any atom is 0.253 e. The summed E-state index contributed by atoms with van der Waals surface area (Å²) in [6, 6.07) is 7.59. The summed E-state index contributed by atoms with van der Waals surface area (Å²) >= 11 is 0. The van der Waals surface area contributed by atoms with Crippen molar-refractivity contribution in [1.82, 2.24) is 29.5 Å². The summed E-state index contributed by atoms with van der Waals surface area (Å²) in [5.41, 5.74) is 2.62. The number of hydrogen-bond acceptors (Lipinski definition) is 4. The van der Waals surface area contributed by atoms with Gasteiger partial charge in [-0.1, -0.05) is 6.07 Å². The maximum absolute atomic E-state index is 13.2. The SMILES string of the molecule is Cc1ccc(C(=O)N2CCC[C@H](CC(=O)NCCn3ccnc3)C2)cc1-n1cccn1. The Bertz CT molecular complexity index is 1010. The highest BCUT2D eigenvalue weighted by atomic mass is 16.2.